The van der Waals surface area contributed by atoms with Crippen LogP contribution in [-0.4, -0.2) is 149 Å². The number of nitrogens with two attached hydrogens (primary N) is 1. The Morgan fingerprint density at radius 3 is 1.65 bits per heavy atom. The second-order valence-corrected chi connectivity index (χ2v) is 10.8. The number of aliphatic carboxylic acids is 2. The first-order chi connectivity index (χ1) is 23.4. The Balaban J connectivity index is 4.20. The van der Waals surface area contributed by atoms with Gasteiger partial charge in [-0.15, -0.1) is 0 Å². The third-order valence-corrected chi connectivity index (χ3v) is 6.71. The first-order valence-electron chi connectivity index (χ1n) is 16.2. The summed E-state index contributed by atoms with van der Waals surface area (Å²) in [7, 11) is 1.70. The Kier molecular flexibility index (Phi) is 27.0. The van der Waals surface area contributed by atoms with E-state index in [0.717, 1.165) is 0 Å². The fourth-order valence-corrected chi connectivity index (χ4v) is 4.08. The molecule has 0 aromatic heterocycles. The summed E-state index contributed by atoms with van der Waals surface area (Å²) in [6.45, 7) is 3.20. The molecule has 0 fully saturated rings. The quantitative estimate of drug-likeness (QED) is 0.0330. The van der Waals surface area contributed by atoms with Crippen molar-refractivity contribution in [2.45, 2.75) is 70.0 Å². The van der Waals surface area contributed by atoms with Gasteiger partial charge in [-0.1, -0.05) is 0 Å². The van der Waals surface area contributed by atoms with Crippen LogP contribution in [0.2, 0.25) is 0 Å². The first kappa shape index (κ1) is 45.2. The third-order valence-electron chi connectivity index (χ3n) is 6.71. The summed E-state index contributed by atoms with van der Waals surface area (Å²) >= 11 is 0. The summed E-state index contributed by atoms with van der Waals surface area (Å²) in [5.74, 6) is -4.95. The molecule has 3 atom stereocenters. The number of ether oxygens (including phenoxy) is 4. The van der Waals surface area contributed by atoms with Gasteiger partial charge in [-0.25, -0.2) is 9.59 Å². The van der Waals surface area contributed by atoms with E-state index in [4.69, 9.17) is 24.7 Å². The molecule has 0 aliphatic carbocycles. The largest absolute Gasteiger partial charge is 0.480 e. The lowest BCUT2D eigenvalue weighted by atomic mass is 10.1. The Labute approximate surface area is 286 Å². The lowest BCUT2D eigenvalue weighted by Crippen LogP contribution is -2.45. The molecule has 0 aromatic carbocycles. The van der Waals surface area contributed by atoms with Gasteiger partial charge in [-0.05, 0) is 46.1 Å². The summed E-state index contributed by atoms with van der Waals surface area (Å²) in [5.41, 5.74) is 5.28. The van der Waals surface area contributed by atoms with E-state index in [1.807, 2.05) is 0 Å². The minimum atomic E-state index is -1.43. The zero-order chi connectivity index (χ0) is 36.9. The number of carboxylic acid groups (broad SMARTS) is 2. The minimum Gasteiger partial charge on any atom is -0.480 e. The SMILES string of the molecule is CNC(CCCCNC(=O)CC[C@H](NC(=O)CC[C@H](NC(=O)COCCOCCNC(=O)COCCOCCN)C(=O)O)C(=O)O)C(C)=O. The predicted molar refractivity (Wildman–Crippen MR) is 173 cm³/mol. The highest BCUT2D eigenvalue weighted by molar-refractivity contribution is 5.86. The van der Waals surface area contributed by atoms with Gasteiger partial charge in [-0.3, -0.25) is 24.0 Å². The van der Waals surface area contributed by atoms with Crippen molar-refractivity contribution in [2.75, 3.05) is 79.5 Å². The average Bonchev–Trinajstić information content (AvgIpc) is 3.05. The molecule has 49 heavy (non-hydrogen) atoms. The second-order valence-electron chi connectivity index (χ2n) is 10.8. The van der Waals surface area contributed by atoms with Gasteiger partial charge < -0.3 is 61.5 Å². The number of hydrogen-bond acceptors (Lipinski definition) is 13. The maximum Gasteiger partial charge on any atom is 0.326 e. The standard InChI is InChI=1S/C30H54N6O13/c1-21(37)22(32-2)5-3-4-11-33-25(38)8-6-23(29(42)43)35-26(39)9-7-24(30(44)45)36-28(41)20-49-18-16-47-14-12-34-27(40)19-48-17-15-46-13-10-31/h22-24,32H,3-20,31H2,1-2H3,(H,33,38)(H,34,40)(H,35,39)(H,36,41)(H,42,43)(H,44,45)/t22?,23-,24-/m0/s1. The Morgan fingerprint density at radius 2 is 1.10 bits per heavy atom. The van der Waals surface area contributed by atoms with E-state index in [0.29, 0.717) is 45.6 Å². The third kappa shape index (κ3) is 25.9. The number of rotatable bonds is 32. The van der Waals surface area contributed by atoms with Crippen LogP contribution in [0.5, 0.6) is 0 Å². The average molecular weight is 707 g/mol. The van der Waals surface area contributed by atoms with Crippen molar-refractivity contribution in [2.24, 2.45) is 5.73 Å². The molecular formula is C30H54N6O13. The number of ketones is 1. The van der Waals surface area contributed by atoms with Crippen LogP contribution in [-0.2, 0) is 52.5 Å². The van der Waals surface area contributed by atoms with E-state index in [-0.39, 0.29) is 76.6 Å². The van der Waals surface area contributed by atoms with Crippen molar-refractivity contribution in [3.05, 3.63) is 0 Å². The Hall–Kier alpha value is -3.75. The molecule has 4 amide bonds. The molecule has 282 valence electrons. The van der Waals surface area contributed by atoms with Crippen LogP contribution in [0.1, 0.15) is 51.9 Å². The van der Waals surface area contributed by atoms with Crippen LogP contribution in [0, 0.1) is 0 Å². The fraction of sp³-hybridized carbons (Fsp3) is 0.767. The highest BCUT2D eigenvalue weighted by Crippen LogP contribution is 2.04. The normalized spacial score (nSPS) is 12.7. The van der Waals surface area contributed by atoms with Gasteiger partial charge in [0.15, 0.2) is 0 Å². The molecule has 0 saturated carbocycles. The molecule has 0 radical (unpaired) electrons. The lowest BCUT2D eigenvalue weighted by Gasteiger charge is -2.17. The lowest BCUT2D eigenvalue weighted by molar-refractivity contribution is -0.144. The highest BCUT2D eigenvalue weighted by atomic mass is 16.5. The van der Waals surface area contributed by atoms with Gasteiger partial charge in [-0.2, -0.15) is 0 Å². The highest BCUT2D eigenvalue weighted by Gasteiger charge is 2.24. The van der Waals surface area contributed by atoms with Crippen molar-refractivity contribution in [1.29, 1.82) is 0 Å². The van der Waals surface area contributed by atoms with E-state index >= 15 is 0 Å². The molecule has 0 rings (SSSR count). The summed E-state index contributed by atoms with van der Waals surface area (Å²) < 4.78 is 20.7. The van der Waals surface area contributed by atoms with Gasteiger partial charge in [0.05, 0.1) is 45.7 Å². The van der Waals surface area contributed by atoms with Gasteiger partial charge in [0, 0.05) is 32.5 Å². The van der Waals surface area contributed by atoms with Crippen molar-refractivity contribution in [1.82, 2.24) is 26.6 Å². The van der Waals surface area contributed by atoms with E-state index < -0.39 is 54.8 Å². The number of amides is 4. The molecule has 19 heteroatoms. The number of Topliss-reactive ketones (excluding diaryl/α,β-unsaturated/α-hetero) is 1. The van der Waals surface area contributed by atoms with Crippen LogP contribution >= 0.6 is 0 Å². The molecule has 0 aliphatic heterocycles. The van der Waals surface area contributed by atoms with E-state index in [2.05, 4.69) is 26.6 Å². The molecule has 9 N–H and O–H groups in total. The van der Waals surface area contributed by atoms with E-state index in [1.54, 1.807) is 7.05 Å². The van der Waals surface area contributed by atoms with E-state index in [1.165, 1.54) is 6.92 Å². The van der Waals surface area contributed by atoms with Crippen LogP contribution in [0.25, 0.3) is 0 Å². The Bertz CT molecular complexity index is 1020. The maximum atomic E-state index is 12.3. The van der Waals surface area contributed by atoms with Gasteiger partial charge >= 0.3 is 11.9 Å². The molecule has 1 unspecified atom stereocenters. The maximum absolute atomic E-state index is 12.3. The van der Waals surface area contributed by atoms with Crippen LogP contribution in [0.3, 0.4) is 0 Å². The smallest absolute Gasteiger partial charge is 0.326 e. The Morgan fingerprint density at radius 1 is 0.592 bits per heavy atom. The summed E-state index contributed by atoms with van der Waals surface area (Å²) in [4.78, 5) is 82.8. The first-order valence-corrected chi connectivity index (χ1v) is 16.2. The van der Waals surface area contributed by atoms with Crippen molar-refractivity contribution < 1.29 is 62.7 Å². The minimum absolute atomic E-state index is 0.0141. The number of carbonyl (C=O) groups is 7. The zero-order valence-electron chi connectivity index (χ0n) is 28.4. The number of likely N-dealkylation sites (N-methyl/N-ethyl adjacent to an activating group) is 1. The molecule has 0 spiro atoms. The molecular weight excluding hydrogens is 652 g/mol. The van der Waals surface area contributed by atoms with E-state index in [9.17, 15) is 43.8 Å². The number of hydrogen-bond donors (Lipinski definition) is 8. The monoisotopic (exact) mass is 706 g/mol. The molecule has 19 nitrogen and oxygen atoms in total. The fourth-order valence-electron chi connectivity index (χ4n) is 4.08. The predicted octanol–water partition coefficient (Wildman–Crippen LogP) is -2.71. The number of unbranched alkanes of at least 4 members (excludes halogenated alkanes) is 1. The van der Waals surface area contributed by atoms with Crippen molar-refractivity contribution in [3.8, 4) is 0 Å². The van der Waals surface area contributed by atoms with Crippen molar-refractivity contribution in [3.63, 3.8) is 0 Å². The van der Waals surface area contributed by atoms with Gasteiger partial charge in [0.1, 0.15) is 31.1 Å². The van der Waals surface area contributed by atoms with Crippen molar-refractivity contribution >= 4 is 41.4 Å². The second kappa shape index (κ2) is 29.2. The van der Waals surface area contributed by atoms with Crippen LogP contribution < -0.4 is 32.3 Å². The molecule has 0 aliphatic rings. The molecule has 0 aromatic rings. The summed E-state index contributed by atoms with van der Waals surface area (Å²) in [6, 6.07) is -3.05. The molecule has 0 saturated heterocycles. The molecule has 0 bridgehead atoms. The van der Waals surface area contributed by atoms with Gasteiger partial charge in [0.25, 0.3) is 0 Å². The van der Waals surface area contributed by atoms with Gasteiger partial charge in [0.2, 0.25) is 23.6 Å². The number of carboxylic acids is 2. The summed E-state index contributed by atoms with van der Waals surface area (Å²) in [5, 5.41) is 31.6. The summed E-state index contributed by atoms with van der Waals surface area (Å²) in [6.07, 6.45) is 0.888. The molecule has 0 heterocycles. The topological polar surface area (TPSA) is 283 Å². The number of nitrogens with one attached hydrogen (secondary N) is 5. The zero-order valence-corrected chi connectivity index (χ0v) is 28.4. The number of carbonyl (C=O) groups excluding carboxylic acids is 5. The van der Waals surface area contributed by atoms with Crippen LogP contribution in [0.4, 0.5) is 0 Å². The van der Waals surface area contributed by atoms with Crippen LogP contribution in [0.15, 0.2) is 0 Å².